The Kier molecular flexibility index (Phi) is 4.25. The van der Waals surface area contributed by atoms with Crippen molar-refractivity contribution in [1.82, 2.24) is 0 Å². The lowest BCUT2D eigenvalue weighted by molar-refractivity contribution is 0.103. The lowest BCUT2D eigenvalue weighted by Crippen LogP contribution is -2.02. The number of aryl methyl sites for hydroxylation is 1. The summed E-state index contributed by atoms with van der Waals surface area (Å²) in [7, 11) is 1.57. The molecule has 0 aliphatic carbocycles. The Hall–Kier alpha value is -0.650. The number of rotatable bonds is 3. The first-order valence-electron chi connectivity index (χ1n) is 5.17. The van der Waals surface area contributed by atoms with Crippen molar-refractivity contribution in [2.75, 3.05) is 7.11 Å². The Bertz CT molecular complexity index is 586. The number of carbonyl (C=O) groups excluding carboxylic acids is 1. The Morgan fingerprint density at radius 1 is 1.28 bits per heavy atom. The van der Waals surface area contributed by atoms with E-state index in [1.807, 2.05) is 19.1 Å². The van der Waals surface area contributed by atoms with Gasteiger partial charge in [0.25, 0.3) is 0 Å². The molecule has 0 N–H and O–H groups in total. The molecular weight excluding hydrogens is 380 g/mol. The van der Waals surface area contributed by atoms with Gasteiger partial charge in [0.1, 0.15) is 5.75 Å². The Labute approximate surface area is 126 Å². The van der Waals surface area contributed by atoms with Gasteiger partial charge in [-0.05, 0) is 52.7 Å². The highest BCUT2D eigenvalue weighted by Gasteiger charge is 2.17. The molecule has 0 spiro atoms. The van der Waals surface area contributed by atoms with Crippen LogP contribution in [0.15, 0.2) is 32.5 Å². The van der Waals surface area contributed by atoms with Crippen molar-refractivity contribution in [2.45, 2.75) is 6.92 Å². The van der Waals surface area contributed by atoms with Crippen LogP contribution in [0.5, 0.6) is 5.75 Å². The largest absolute Gasteiger partial charge is 0.496 e. The number of methoxy groups -OCH3 is 1. The molecular formula is C13H10Br2O2S. The fraction of sp³-hybridized carbons (Fsp3) is 0.154. The van der Waals surface area contributed by atoms with Crippen LogP contribution in [0.1, 0.15) is 20.8 Å². The summed E-state index contributed by atoms with van der Waals surface area (Å²) in [5.74, 6) is 0.567. The summed E-state index contributed by atoms with van der Waals surface area (Å²) >= 11 is 8.24. The summed E-state index contributed by atoms with van der Waals surface area (Å²) in [6.45, 7) is 1.97. The number of hydrogen-bond acceptors (Lipinski definition) is 3. The number of carbonyl (C=O) groups is 1. The third kappa shape index (κ3) is 2.68. The molecule has 0 amide bonds. The smallest absolute Gasteiger partial charge is 0.206 e. The van der Waals surface area contributed by atoms with Crippen LogP contribution in [0.4, 0.5) is 0 Å². The standard InChI is InChI=1S/C13H10Br2O2S/c1-7-5-11(18-13(7)15)12(16)9-6-8(14)3-4-10(9)17-2/h3-6H,1-2H3. The molecule has 18 heavy (non-hydrogen) atoms. The number of halogens is 2. The zero-order valence-electron chi connectivity index (χ0n) is 9.79. The van der Waals surface area contributed by atoms with E-state index in [1.54, 1.807) is 19.2 Å². The monoisotopic (exact) mass is 388 g/mol. The highest BCUT2D eigenvalue weighted by molar-refractivity contribution is 9.11. The van der Waals surface area contributed by atoms with Crippen LogP contribution in [-0.2, 0) is 0 Å². The maximum atomic E-state index is 12.4. The van der Waals surface area contributed by atoms with E-state index < -0.39 is 0 Å². The molecule has 2 aromatic rings. The fourth-order valence-corrected chi connectivity index (χ4v) is 3.41. The van der Waals surface area contributed by atoms with Crippen molar-refractivity contribution in [1.29, 1.82) is 0 Å². The molecule has 0 aliphatic heterocycles. The van der Waals surface area contributed by atoms with E-state index in [0.717, 1.165) is 13.8 Å². The van der Waals surface area contributed by atoms with Crippen molar-refractivity contribution in [3.05, 3.63) is 48.5 Å². The molecule has 0 aliphatic rings. The van der Waals surface area contributed by atoms with Gasteiger partial charge in [-0.3, -0.25) is 4.79 Å². The zero-order chi connectivity index (χ0) is 13.3. The van der Waals surface area contributed by atoms with Crippen LogP contribution in [0.25, 0.3) is 0 Å². The zero-order valence-corrected chi connectivity index (χ0v) is 13.8. The van der Waals surface area contributed by atoms with Gasteiger partial charge in [-0.25, -0.2) is 0 Å². The molecule has 0 saturated heterocycles. The number of thiophene rings is 1. The summed E-state index contributed by atoms with van der Waals surface area (Å²) < 4.78 is 7.08. The second-order valence-electron chi connectivity index (χ2n) is 3.74. The molecule has 0 bridgehead atoms. The molecule has 2 rings (SSSR count). The molecule has 5 heteroatoms. The lowest BCUT2D eigenvalue weighted by atomic mass is 10.1. The first-order valence-corrected chi connectivity index (χ1v) is 7.57. The topological polar surface area (TPSA) is 26.3 Å². The van der Waals surface area contributed by atoms with Gasteiger partial charge in [0, 0.05) is 4.47 Å². The number of hydrogen-bond donors (Lipinski definition) is 0. The van der Waals surface area contributed by atoms with Gasteiger partial charge in [0.15, 0.2) is 0 Å². The van der Waals surface area contributed by atoms with Crippen LogP contribution >= 0.6 is 43.2 Å². The third-order valence-electron chi connectivity index (χ3n) is 2.49. The van der Waals surface area contributed by atoms with Gasteiger partial charge >= 0.3 is 0 Å². The molecule has 1 aromatic carbocycles. The minimum absolute atomic E-state index is 0.0213. The minimum atomic E-state index is -0.0213. The van der Waals surface area contributed by atoms with Gasteiger partial charge in [-0.2, -0.15) is 0 Å². The molecule has 94 valence electrons. The van der Waals surface area contributed by atoms with Crippen LogP contribution in [0, 0.1) is 6.92 Å². The summed E-state index contributed by atoms with van der Waals surface area (Å²) in [4.78, 5) is 13.1. The van der Waals surface area contributed by atoms with Crippen molar-refractivity contribution >= 4 is 49.0 Å². The normalized spacial score (nSPS) is 10.4. The predicted molar refractivity (Wildman–Crippen MR) is 80.9 cm³/mol. The van der Waals surface area contributed by atoms with E-state index >= 15 is 0 Å². The van der Waals surface area contributed by atoms with E-state index in [2.05, 4.69) is 31.9 Å². The molecule has 2 nitrogen and oxygen atoms in total. The Balaban J connectivity index is 2.48. The second kappa shape index (κ2) is 5.55. The van der Waals surface area contributed by atoms with Gasteiger partial charge in [0.05, 0.1) is 21.3 Å². The summed E-state index contributed by atoms with van der Waals surface area (Å²) in [6.07, 6.45) is 0. The first kappa shape index (κ1) is 13.8. The molecule has 1 aromatic heterocycles. The van der Waals surface area contributed by atoms with Crippen molar-refractivity contribution < 1.29 is 9.53 Å². The fourth-order valence-electron chi connectivity index (χ4n) is 1.56. The van der Waals surface area contributed by atoms with Crippen molar-refractivity contribution in [2.24, 2.45) is 0 Å². The molecule has 0 saturated carbocycles. The van der Waals surface area contributed by atoms with E-state index in [9.17, 15) is 4.79 Å². The lowest BCUT2D eigenvalue weighted by Gasteiger charge is -2.06. The molecule has 0 radical (unpaired) electrons. The van der Waals surface area contributed by atoms with Gasteiger partial charge in [-0.15, -0.1) is 11.3 Å². The highest BCUT2D eigenvalue weighted by atomic mass is 79.9. The van der Waals surface area contributed by atoms with E-state index in [-0.39, 0.29) is 5.78 Å². The van der Waals surface area contributed by atoms with E-state index in [4.69, 9.17) is 4.74 Å². The summed E-state index contributed by atoms with van der Waals surface area (Å²) in [6, 6.07) is 7.31. The predicted octanol–water partition coefficient (Wildman–Crippen LogP) is 4.82. The van der Waals surface area contributed by atoms with Crippen molar-refractivity contribution in [3.63, 3.8) is 0 Å². The van der Waals surface area contributed by atoms with Gasteiger partial charge in [0.2, 0.25) is 5.78 Å². The Morgan fingerprint density at radius 3 is 2.56 bits per heavy atom. The molecule has 1 heterocycles. The van der Waals surface area contributed by atoms with E-state index in [0.29, 0.717) is 16.2 Å². The third-order valence-corrected chi connectivity index (χ3v) is 5.12. The highest BCUT2D eigenvalue weighted by Crippen LogP contribution is 2.32. The summed E-state index contributed by atoms with van der Waals surface area (Å²) in [5, 5.41) is 0. The minimum Gasteiger partial charge on any atom is -0.496 e. The summed E-state index contributed by atoms with van der Waals surface area (Å²) in [5.41, 5.74) is 1.64. The van der Waals surface area contributed by atoms with Crippen LogP contribution < -0.4 is 4.74 Å². The average molecular weight is 390 g/mol. The first-order chi connectivity index (χ1) is 8.52. The molecule has 0 atom stereocenters. The van der Waals surface area contributed by atoms with Gasteiger partial charge in [-0.1, -0.05) is 15.9 Å². The second-order valence-corrected chi connectivity index (χ2v) is 7.03. The van der Waals surface area contributed by atoms with E-state index in [1.165, 1.54) is 11.3 Å². The molecule has 0 fully saturated rings. The SMILES string of the molecule is COc1ccc(Br)cc1C(=O)c1cc(C)c(Br)s1. The number of ether oxygens (including phenoxy) is 1. The van der Waals surface area contributed by atoms with Crippen LogP contribution in [0.2, 0.25) is 0 Å². The average Bonchev–Trinajstić information content (AvgIpc) is 2.68. The Morgan fingerprint density at radius 2 is 2.00 bits per heavy atom. The van der Waals surface area contributed by atoms with Crippen molar-refractivity contribution in [3.8, 4) is 5.75 Å². The maximum Gasteiger partial charge on any atom is 0.206 e. The quantitative estimate of drug-likeness (QED) is 0.703. The van der Waals surface area contributed by atoms with Crippen LogP contribution in [-0.4, -0.2) is 12.9 Å². The number of ketones is 1. The van der Waals surface area contributed by atoms with Crippen LogP contribution in [0.3, 0.4) is 0 Å². The number of benzene rings is 1. The maximum absolute atomic E-state index is 12.4. The van der Waals surface area contributed by atoms with Gasteiger partial charge < -0.3 is 4.74 Å². The molecule has 0 unspecified atom stereocenters.